The third-order valence-electron chi connectivity index (χ3n) is 2.52. The van der Waals surface area contributed by atoms with Gasteiger partial charge in [-0.15, -0.1) is 0 Å². The molecule has 0 amide bonds. The molecule has 3 nitrogen and oxygen atoms in total. The topological polar surface area (TPSA) is 39.6 Å². The van der Waals surface area contributed by atoms with Crippen LogP contribution in [-0.2, 0) is 0 Å². The Hall–Kier alpha value is -1.34. The molecule has 0 atom stereocenters. The molecule has 0 heterocycles. The van der Waals surface area contributed by atoms with Crippen molar-refractivity contribution in [2.24, 2.45) is 0 Å². The van der Waals surface area contributed by atoms with Gasteiger partial charge in [-0.2, -0.15) is 4.79 Å². The number of hydrogen-bond donors (Lipinski definition) is 0. The molecular weight excluding hydrogens is 174 g/mol. The molecule has 0 saturated heterocycles. The molecule has 0 radical (unpaired) electrons. The zero-order valence-electron chi connectivity index (χ0n) is 9.12. The van der Waals surface area contributed by atoms with Crippen molar-refractivity contribution >= 4 is 5.71 Å². The lowest BCUT2D eigenvalue weighted by molar-refractivity contribution is -0.00554. The largest absolute Gasteiger partial charge is 0.372 e. The SMILES string of the molecule is CCN(CC)C1=CCC(=[N+]=[N-])C=C1C. The third kappa shape index (κ3) is 2.12. The van der Waals surface area contributed by atoms with Crippen LogP contribution in [0.4, 0.5) is 0 Å². The average molecular weight is 191 g/mol. The molecule has 1 rings (SSSR count). The number of rotatable bonds is 3. The molecule has 0 aromatic carbocycles. The highest BCUT2D eigenvalue weighted by atomic mass is 15.1. The number of nitrogens with zero attached hydrogens (tertiary/aromatic N) is 3. The smallest absolute Gasteiger partial charge is 0.296 e. The molecule has 3 heteroatoms. The summed E-state index contributed by atoms with van der Waals surface area (Å²) in [5, 5.41) is 0. The maximum Gasteiger partial charge on any atom is 0.296 e. The molecule has 0 aromatic rings. The van der Waals surface area contributed by atoms with Crippen molar-refractivity contribution < 1.29 is 4.79 Å². The first-order valence-electron chi connectivity index (χ1n) is 5.07. The Balaban J connectivity index is 2.89. The summed E-state index contributed by atoms with van der Waals surface area (Å²) in [6.07, 6.45) is 4.78. The lowest BCUT2D eigenvalue weighted by Crippen LogP contribution is -2.24. The predicted molar refractivity (Wildman–Crippen MR) is 58.0 cm³/mol. The van der Waals surface area contributed by atoms with Crippen molar-refractivity contribution in [3.8, 4) is 0 Å². The molecule has 0 N–H and O–H groups in total. The predicted octanol–water partition coefficient (Wildman–Crippen LogP) is 2.23. The Kier molecular flexibility index (Phi) is 3.66. The number of hydrogen-bond acceptors (Lipinski definition) is 1. The van der Waals surface area contributed by atoms with E-state index in [4.69, 9.17) is 5.53 Å². The van der Waals surface area contributed by atoms with Gasteiger partial charge >= 0.3 is 0 Å². The zero-order chi connectivity index (χ0) is 10.6. The van der Waals surface area contributed by atoms with Crippen LogP contribution < -0.4 is 0 Å². The first kappa shape index (κ1) is 10.7. The maximum atomic E-state index is 8.65. The minimum Gasteiger partial charge on any atom is -0.372 e. The fraction of sp³-hybridized carbons (Fsp3) is 0.545. The quantitative estimate of drug-likeness (QED) is 0.498. The van der Waals surface area contributed by atoms with Gasteiger partial charge in [0.15, 0.2) is 0 Å². The Labute approximate surface area is 85.3 Å². The van der Waals surface area contributed by atoms with Gasteiger partial charge in [0.1, 0.15) is 0 Å². The van der Waals surface area contributed by atoms with Crippen LogP contribution in [0.1, 0.15) is 27.2 Å². The van der Waals surface area contributed by atoms with Crippen LogP contribution in [0.15, 0.2) is 23.4 Å². The van der Waals surface area contributed by atoms with Gasteiger partial charge in [-0.3, -0.25) is 0 Å². The van der Waals surface area contributed by atoms with Gasteiger partial charge in [-0.25, -0.2) is 0 Å². The highest BCUT2D eigenvalue weighted by Gasteiger charge is 2.16. The number of allylic oxidation sites excluding steroid dienone is 3. The summed E-state index contributed by atoms with van der Waals surface area (Å²) in [5.41, 5.74) is 11.8. The summed E-state index contributed by atoms with van der Waals surface area (Å²) in [6.45, 7) is 8.37. The van der Waals surface area contributed by atoms with Gasteiger partial charge in [-0.1, -0.05) is 0 Å². The summed E-state index contributed by atoms with van der Waals surface area (Å²) in [7, 11) is 0. The normalized spacial score (nSPS) is 15.8. The standard InChI is InChI=1S/C11H17N3/c1-4-14(5-2)11-7-6-10(13-12)8-9(11)3/h7-8H,4-6H2,1-3H3. The second-order valence-corrected chi connectivity index (χ2v) is 3.38. The van der Waals surface area contributed by atoms with Crippen LogP contribution in [0.25, 0.3) is 5.53 Å². The van der Waals surface area contributed by atoms with E-state index < -0.39 is 0 Å². The van der Waals surface area contributed by atoms with E-state index in [2.05, 4.69) is 36.5 Å². The van der Waals surface area contributed by atoms with Gasteiger partial charge in [-0.05, 0) is 32.4 Å². The molecule has 0 fully saturated rings. The molecular formula is C11H17N3. The Bertz CT molecular complexity index is 315. The van der Waals surface area contributed by atoms with Crippen molar-refractivity contribution in [2.45, 2.75) is 27.2 Å². The molecule has 0 bridgehead atoms. The van der Waals surface area contributed by atoms with Crippen molar-refractivity contribution in [1.82, 2.24) is 4.90 Å². The molecule has 0 saturated carbocycles. The molecule has 0 aromatic heterocycles. The van der Waals surface area contributed by atoms with Crippen LogP contribution in [0.5, 0.6) is 0 Å². The Morgan fingerprint density at radius 1 is 1.43 bits per heavy atom. The monoisotopic (exact) mass is 191 g/mol. The summed E-state index contributed by atoms with van der Waals surface area (Å²) in [4.78, 5) is 5.53. The van der Waals surface area contributed by atoms with Gasteiger partial charge in [0, 0.05) is 24.9 Å². The molecule has 0 spiro atoms. The zero-order valence-corrected chi connectivity index (χ0v) is 9.12. The Morgan fingerprint density at radius 3 is 2.50 bits per heavy atom. The lowest BCUT2D eigenvalue weighted by atomic mass is 10.0. The van der Waals surface area contributed by atoms with Gasteiger partial charge < -0.3 is 10.4 Å². The van der Waals surface area contributed by atoms with E-state index in [9.17, 15) is 0 Å². The average Bonchev–Trinajstić information content (AvgIpc) is 2.22. The third-order valence-corrected chi connectivity index (χ3v) is 2.52. The summed E-state index contributed by atoms with van der Waals surface area (Å²) in [6, 6.07) is 0. The van der Waals surface area contributed by atoms with Crippen LogP contribution in [0, 0.1) is 0 Å². The minimum atomic E-state index is 0.722. The summed E-state index contributed by atoms with van der Waals surface area (Å²) >= 11 is 0. The molecule has 1 aliphatic carbocycles. The minimum absolute atomic E-state index is 0.722. The van der Waals surface area contributed by atoms with Gasteiger partial charge in [0.25, 0.3) is 5.71 Å². The van der Waals surface area contributed by atoms with Crippen LogP contribution >= 0.6 is 0 Å². The van der Waals surface area contributed by atoms with Gasteiger partial charge in [0.2, 0.25) is 0 Å². The van der Waals surface area contributed by atoms with Crippen molar-refractivity contribution in [2.75, 3.05) is 13.1 Å². The first-order chi connectivity index (χ1) is 6.72. The van der Waals surface area contributed by atoms with E-state index >= 15 is 0 Å². The molecule has 76 valence electrons. The Morgan fingerprint density at radius 2 is 2.07 bits per heavy atom. The van der Waals surface area contributed by atoms with Crippen molar-refractivity contribution in [3.05, 3.63) is 29.0 Å². The molecule has 0 aliphatic heterocycles. The molecule has 0 unspecified atom stereocenters. The van der Waals surface area contributed by atoms with E-state index in [0.29, 0.717) is 0 Å². The van der Waals surface area contributed by atoms with E-state index in [1.807, 2.05) is 6.08 Å². The first-order valence-corrected chi connectivity index (χ1v) is 5.07. The van der Waals surface area contributed by atoms with Crippen molar-refractivity contribution in [1.29, 1.82) is 0 Å². The van der Waals surface area contributed by atoms with Crippen LogP contribution in [0.2, 0.25) is 0 Å². The van der Waals surface area contributed by atoms with E-state index in [1.54, 1.807) is 0 Å². The second kappa shape index (κ2) is 4.77. The van der Waals surface area contributed by atoms with Gasteiger partial charge in [0.05, 0.1) is 6.42 Å². The van der Waals surface area contributed by atoms with Crippen molar-refractivity contribution in [3.63, 3.8) is 0 Å². The number of likely N-dealkylation sites (N-methyl/N-ethyl adjacent to an activating group) is 1. The fourth-order valence-electron chi connectivity index (χ4n) is 1.76. The summed E-state index contributed by atoms with van der Waals surface area (Å²) < 4.78 is 0. The van der Waals surface area contributed by atoms with E-state index in [0.717, 1.165) is 25.2 Å². The highest BCUT2D eigenvalue weighted by Crippen LogP contribution is 2.19. The van der Waals surface area contributed by atoms with E-state index in [1.165, 1.54) is 11.3 Å². The van der Waals surface area contributed by atoms with E-state index in [-0.39, 0.29) is 0 Å². The second-order valence-electron chi connectivity index (χ2n) is 3.38. The molecule has 1 aliphatic rings. The highest BCUT2D eigenvalue weighted by molar-refractivity contribution is 5.94. The maximum absolute atomic E-state index is 8.65. The van der Waals surface area contributed by atoms with Crippen LogP contribution in [0.3, 0.4) is 0 Å². The lowest BCUT2D eigenvalue weighted by Gasteiger charge is -2.26. The van der Waals surface area contributed by atoms with Crippen LogP contribution in [-0.4, -0.2) is 28.5 Å². The summed E-state index contributed by atoms with van der Waals surface area (Å²) in [5.74, 6) is 0. The molecule has 14 heavy (non-hydrogen) atoms. The fourth-order valence-corrected chi connectivity index (χ4v) is 1.76.